The molecule has 0 radical (unpaired) electrons. The van der Waals surface area contributed by atoms with Gasteiger partial charge in [0.1, 0.15) is 0 Å². The lowest BCUT2D eigenvalue weighted by molar-refractivity contribution is 1.19. The largest absolute Gasteiger partial charge is 0.138 e. The average Bonchev–Trinajstić information content (AvgIpc) is 2.85. The van der Waals surface area contributed by atoms with Gasteiger partial charge in [0.15, 0.2) is 0 Å². The van der Waals surface area contributed by atoms with Gasteiger partial charge in [0.05, 0.1) is 9.40 Å². The normalized spacial score (nSPS) is 11.9. The Morgan fingerprint density at radius 1 is 0.800 bits per heavy atom. The van der Waals surface area contributed by atoms with Gasteiger partial charge in [-0.15, -0.1) is 34.0 Å². The molecule has 3 heteroatoms. The molecule has 3 heterocycles. The number of rotatable bonds is 2. The van der Waals surface area contributed by atoms with E-state index >= 15 is 0 Å². The van der Waals surface area contributed by atoms with Crippen molar-refractivity contribution in [2.75, 3.05) is 0 Å². The van der Waals surface area contributed by atoms with Crippen molar-refractivity contribution in [3.63, 3.8) is 0 Å². The molecule has 3 rings (SSSR count). The van der Waals surface area contributed by atoms with E-state index in [4.69, 9.17) is 0 Å². The lowest BCUT2D eigenvalue weighted by Gasteiger charge is -1.82. The fourth-order valence-electron chi connectivity index (χ4n) is 1.78. The standard InChI is InChI=1S/C12H12S3/c1-3-7-5-9-11(13-7)12-10(15-9)6-8(4-2)14-12/h5-6H,3-4H2,1-2H3. The van der Waals surface area contributed by atoms with Gasteiger partial charge >= 0.3 is 0 Å². The average molecular weight is 252 g/mol. The third-order valence-electron chi connectivity index (χ3n) is 2.62. The van der Waals surface area contributed by atoms with Crippen LogP contribution in [0.1, 0.15) is 23.6 Å². The van der Waals surface area contributed by atoms with Crippen LogP contribution in [0.4, 0.5) is 0 Å². The molecule has 15 heavy (non-hydrogen) atoms. The maximum atomic E-state index is 2.36. The molecule has 0 unspecified atom stereocenters. The van der Waals surface area contributed by atoms with Gasteiger partial charge in [0.25, 0.3) is 0 Å². The summed E-state index contributed by atoms with van der Waals surface area (Å²) in [5.41, 5.74) is 0. The molecule has 78 valence electrons. The molecule has 0 N–H and O–H groups in total. The second-order valence-electron chi connectivity index (χ2n) is 3.62. The molecule has 0 aromatic carbocycles. The van der Waals surface area contributed by atoms with Crippen LogP contribution in [0.3, 0.4) is 0 Å². The van der Waals surface area contributed by atoms with Gasteiger partial charge in [0.2, 0.25) is 0 Å². The summed E-state index contributed by atoms with van der Waals surface area (Å²) in [6.45, 7) is 4.47. The SMILES string of the molecule is CCc1cc2sc3cc(CC)sc3c2s1. The Hall–Kier alpha value is -0.380. The fourth-order valence-corrected chi connectivity index (χ4v) is 5.73. The predicted octanol–water partition coefficient (Wildman–Crippen LogP) is 5.30. The number of hydrogen-bond donors (Lipinski definition) is 0. The highest BCUT2D eigenvalue weighted by molar-refractivity contribution is 7.38. The predicted molar refractivity (Wildman–Crippen MR) is 73.8 cm³/mol. The summed E-state index contributed by atoms with van der Waals surface area (Å²) < 4.78 is 6.02. The first-order valence-electron chi connectivity index (χ1n) is 5.25. The van der Waals surface area contributed by atoms with E-state index in [1.165, 1.54) is 41.4 Å². The minimum atomic E-state index is 1.17. The van der Waals surface area contributed by atoms with Crippen LogP contribution in [0, 0.1) is 0 Å². The monoisotopic (exact) mass is 252 g/mol. The van der Waals surface area contributed by atoms with Crippen molar-refractivity contribution in [1.82, 2.24) is 0 Å². The Morgan fingerprint density at radius 3 is 1.67 bits per heavy atom. The van der Waals surface area contributed by atoms with Crippen LogP contribution in [-0.2, 0) is 12.8 Å². The molecule has 0 amide bonds. The third-order valence-corrected chi connectivity index (χ3v) is 6.69. The Kier molecular flexibility index (Phi) is 2.34. The van der Waals surface area contributed by atoms with Gasteiger partial charge in [-0.3, -0.25) is 0 Å². The number of aryl methyl sites for hydroxylation is 2. The van der Waals surface area contributed by atoms with Gasteiger partial charge < -0.3 is 0 Å². The lowest BCUT2D eigenvalue weighted by Crippen LogP contribution is -1.64. The Labute approximate surface area is 101 Å². The number of hydrogen-bond acceptors (Lipinski definition) is 3. The van der Waals surface area contributed by atoms with Crippen LogP contribution in [0.25, 0.3) is 18.8 Å². The van der Waals surface area contributed by atoms with Crippen molar-refractivity contribution in [1.29, 1.82) is 0 Å². The second-order valence-corrected chi connectivity index (χ2v) is 6.98. The first-order chi connectivity index (χ1) is 7.31. The Bertz CT molecular complexity index is 556. The molecule has 3 aromatic heterocycles. The quantitative estimate of drug-likeness (QED) is 0.580. The molecule has 0 spiro atoms. The molecule has 0 nitrogen and oxygen atoms in total. The second kappa shape index (κ2) is 3.58. The highest BCUT2D eigenvalue weighted by Crippen LogP contribution is 2.43. The Morgan fingerprint density at radius 2 is 1.27 bits per heavy atom. The van der Waals surface area contributed by atoms with Gasteiger partial charge in [-0.05, 0) is 25.0 Å². The van der Waals surface area contributed by atoms with E-state index < -0.39 is 0 Å². The molecule has 0 aliphatic heterocycles. The smallest absolute Gasteiger partial charge is 0.0632 e. The van der Waals surface area contributed by atoms with Crippen LogP contribution >= 0.6 is 34.0 Å². The fraction of sp³-hybridized carbons (Fsp3) is 0.333. The first-order valence-corrected chi connectivity index (χ1v) is 7.70. The first kappa shape index (κ1) is 9.82. The lowest BCUT2D eigenvalue weighted by atomic mass is 10.3. The van der Waals surface area contributed by atoms with Gasteiger partial charge in [-0.1, -0.05) is 13.8 Å². The molecule has 0 fully saturated rings. The maximum absolute atomic E-state index is 2.36. The van der Waals surface area contributed by atoms with Crippen molar-refractivity contribution in [2.24, 2.45) is 0 Å². The molecule has 0 saturated heterocycles. The summed E-state index contributed by atoms with van der Waals surface area (Å²) >= 11 is 5.91. The van der Waals surface area contributed by atoms with E-state index in [1.807, 2.05) is 34.0 Å². The van der Waals surface area contributed by atoms with E-state index in [0.29, 0.717) is 0 Å². The summed E-state index contributed by atoms with van der Waals surface area (Å²) in [6.07, 6.45) is 2.33. The molecule has 0 aliphatic rings. The van der Waals surface area contributed by atoms with E-state index in [9.17, 15) is 0 Å². The summed E-state index contributed by atoms with van der Waals surface area (Å²) in [6, 6.07) is 4.73. The summed E-state index contributed by atoms with van der Waals surface area (Å²) in [5, 5.41) is 0. The zero-order chi connectivity index (χ0) is 10.4. The molecule has 3 aromatic rings. The molecule has 0 saturated carbocycles. The van der Waals surface area contributed by atoms with Crippen LogP contribution in [0.15, 0.2) is 12.1 Å². The summed E-state index contributed by atoms with van der Waals surface area (Å²) in [4.78, 5) is 3.04. The van der Waals surface area contributed by atoms with E-state index in [2.05, 4.69) is 26.0 Å². The molecule has 0 aliphatic carbocycles. The van der Waals surface area contributed by atoms with Crippen LogP contribution in [0.2, 0.25) is 0 Å². The van der Waals surface area contributed by atoms with E-state index in [1.54, 1.807) is 0 Å². The highest BCUT2D eigenvalue weighted by Gasteiger charge is 2.11. The van der Waals surface area contributed by atoms with Gasteiger partial charge in [0, 0.05) is 19.2 Å². The van der Waals surface area contributed by atoms with Crippen LogP contribution < -0.4 is 0 Å². The van der Waals surface area contributed by atoms with Crippen LogP contribution in [0.5, 0.6) is 0 Å². The Balaban J connectivity index is 2.32. The van der Waals surface area contributed by atoms with Crippen molar-refractivity contribution in [2.45, 2.75) is 26.7 Å². The van der Waals surface area contributed by atoms with Crippen molar-refractivity contribution in [3.8, 4) is 0 Å². The number of fused-ring (bicyclic) bond motifs is 3. The molecular formula is C12H12S3. The maximum Gasteiger partial charge on any atom is 0.0632 e. The topological polar surface area (TPSA) is 0 Å². The number of thiophene rings is 3. The zero-order valence-corrected chi connectivity index (χ0v) is 11.2. The van der Waals surface area contributed by atoms with E-state index in [0.717, 1.165) is 0 Å². The van der Waals surface area contributed by atoms with Crippen molar-refractivity contribution < 1.29 is 0 Å². The third kappa shape index (κ3) is 1.45. The van der Waals surface area contributed by atoms with Gasteiger partial charge in [-0.25, -0.2) is 0 Å². The summed E-state index contributed by atoms with van der Waals surface area (Å²) in [5.74, 6) is 0. The van der Waals surface area contributed by atoms with E-state index in [-0.39, 0.29) is 0 Å². The summed E-state index contributed by atoms with van der Waals surface area (Å²) in [7, 11) is 0. The van der Waals surface area contributed by atoms with Crippen molar-refractivity contribution >= 4 is 52.8 Å². The molecule has 0 bridgehead atoms. The highest BCUT2D eigenvalue weighted by atomic mass is 32.1. The molecule has 0 atom stereocenters. The van der Waals surface area contributed by atoms with Gasteiger partial charge in [-0.2, -0.15) is 0 Å². The van der Waals surface area contributed by atoms with Crippen molar-refractivity contribution in [3.05, 3.63) is 21.9 Å². The van der Waals surface area contributed by atoms with Crippen LogP contribution in [-0.4, -0.2) is 0 Å². The minimum absolute atomic E-state index is 1.17. The minimum Gasteiger partial charge on any atom is -0.138 e. The molecular weight excluding hydrogens is 240 g/mol. The zero-order valence-electron chi connectivity index (χ0n) is 8.79.